The van der Waals surface area contributed by atoms with Gasteiger partial charge in [-0.3, -0.25) is 0 Å². The number of benzene rings is 1. The molecule has 1 rings (SSSR count). The van der Waals surface area contributed by atoms with Gasteiger partial charge in [0.1, 0.15) is 11.9 Å². The molecule has 0 fully saturated rings. The number of hydrogen-bond acceptors (Lipinski definition) is 2. The lowest BCUT2D eigenvalue weighted by Gasteiger charge is -2.14. The summed E-state index contributed by atoms with van der Waals surface area (Å²) in [5.74, 6) is 0.876. The molecule has 0 aliphatic heterocycles. The van der Waals surface area contributed by atoms with Crippen LogP contribution in [0.5, 0.6) is 5.75 Å². The van der Waals surface area contributed by atoms with Gasteiger partial charge in [-0.15, -0.1) is 0 Å². The van der Waals surface area contributed by atoms with Gasteiger partial charge in [0.05, 0.1) is 0 Å². The lowest BCUT2D eigenvalue weighted by Crippen LogP contribution is -2.22. The zero-order chi connectivity index (χ0) is 12.8. The van der Waals surface area contributed by atoms with Gasteiger partial charge < -0.3 is 10.1 Å². The van der Waals surface area contributed by atoms with E-state index in [1.165, 1.54) is 5.56 Å². The second-order valence-corrected chi connectivity index (χ2v) is 5.20. The molecule has 0 bridgehead atoms. The molecule has 1 unspecified atom stereocenters. The molecule has 1 aromatic carbocycles. The van der Waals surface area contributed by atoms with Gasteiger partial charge in [-0.1, -0.05) is 42.4 Å². The smallest absolute Gasteiger partial charge is 0.120 e. The highest BCUT2D eigenvalue weighted by molar-refractivity contribution is 9.10. The number of hydrogen-bond donors (Lipinski definition) is 1. The van der Waals surface area contributed by atoms with E-state index in [9.17, 15) is 0 Å². The number of rotatable bonds is 6. The first-order valence-electron chi connectivity index (χ1n) is 5.84. The summed E-state index contributed by atoms with van der Waals surface area (Å²) in [4.78, 5) is 0. The fourth-order valence-corrected chi connectivity index (χ4v) is 1.72. The number of nitrogens with one attached hydrogen (secondary N) is 1. The summed E-state index contributed by atoms with van der Waals surface area (Å²) >= 11 is 3.55. The Bertz CT molecular complexity index is 376. The van der Waals surface area contributed by atoms with Crippen LogP contribution < -0.4 is 10.1 Å². The molecule has 2 nitrogen and oxygen atoms in total. The van der Waals surface area contributed by atoms with Gasteiger partial charge in [-0.05, 0) is 30.7 Å². The van der Waals surface area contributed by atoms with Crippen LogP contribution in [-0.4, -0.2) is 12.1 Å². The average Bonchev–Trinajstić information content (AvgIpc) is 2.29. The molecule has 94 valence electrons. The summed E-state index contributed by atoms with van der Waals surface area (Å²) in [6.07, 6.45) is 1.82. The topological polar surface area (TPSA) is 21.3 Å². The zero-order valence-electron chi connectivity index (χ0n) is 10.7. The molecule has 0 saturated carbocycles. The lowest BCUT2D eigenvalue weighted by atomic mass is 10.2. The summed E-state index contributed by atoms with van der Waals surface area (Å²) in [6, 6.07) is 6.50. The molecule has 0 heterocycles. The van der Waals surface area contributed by atoms with Crippen molar-refractivity contribution in [1.29, 1.82) is 0 Å². The van der Waals surface area contributed by atoms with Crippen LogP contribution in [0.3, 0.4) is 0 Å². The van der Waals surface area contributed by atoms with Gasteiger partial charge in [-0.25, -0.2) is 0 Å². The fraction of sp³-hybridized carbons (Fsp3) is 0.429. The Labute approximate surface area is 112 Å². The summed E-state index contributed by atoms with van der Waals surface area (Å²) in [5.41, 5.74) is 1.20. The molecule has 1 N–H and O–H groups in total. The minimum absolute atomic E-state index is 0.0297. The van der Waals surface area contributed by atoms with Crippen LogP contribution in [0.4, 0.5) is 0 Å². The van der Waals surface area contributed by atoms with Crippen LogP contribution in [-0.2, 0) is 6.54 Å². The molecule has 0 saturated heterocycles. The highest BCUT2D eigenvalue weighted by Gasteiger charge is 2.05. The maximum atomic E-state index is 5.70. The van der Waals surface area contributed by atoms with E-state index in [4.69, 9.17) is 4.74 Å². The average molecular weight is 298 g/mol. The molecule has 0 radical (unpaired) electrons. The molecule has 17 heavy (non-hydrogen) atoms. The third-order valence-corrected chi connectivity index (χ3v) is 3.15. The molecule has 0 aliphatic rings. The van der Waals surface area contributed by atoms with E-state index in [-0.39, 0.29) is 6.10 Å². The minimum Gasteiger partial charge on any atom is -0.487 e. The Kier molecular flexibility index (Phi) is 5.72. The Hall–Kier alpha value is -0.800. The monoisotopic (exact) mass is 297 g/mol. The van der Waals surface area contributed by atoms with Gasteiger partial charge >= 0.3 is 0 Å². The minimum atomic E-state index is 0.0297. The second-order valence-electron chi connectivity index (χ2n) is 4.35. The maximum absolute atomic E-state index is 5.70. The van der Waals surface area contributed by atoms with Gasteiger partial charge in [0.2, 0.25) is 0 Å². The largest absolute Gasteiger partial charge is 0.487 e. The van der Waals surface area contributed by atoms with E-state index < -0.39 is 0 Å². The van der Waals surface area contributed by atoms with Gasteiger partial charge in [-0.2, -0.15) is 0 Å². The third kappa shape index (κ3) is 4.92. The Morgan fingerprint density at radius 3 is 2.71 bits per heavy atom. The summed E-state index contributed by atoms with van der Waals surface area (Å²) in [5, 5.41) is 3.39. The molecule has 0 amide bonds. The van der Waals surface area contributed by atoms with Crippen LogP contribution in [0.2, 0.25) is 0 Å². The molecule has 1 atom stereocenters. The first kappa shape index (κ1) is 14.3. The van der Waals surface area contributed by atoms with E-state index in [0.29, 0.717) is 6.04 Å². The number of ether oxygens (including phenoxy) is 1. The molecule has 3 heteroatoms. The highest BCUT2D eigenvalue weighted by atomic mass is 79.9. The van der Waals surface area contributed by atoms with Crippen LogP contribution in [0.25, 0.3) is 0 Å². The molecular weight excluding hydrogens is 278 g/mol. The summed E-state index contributed by atoms with van der Waals surface area (Å²) in [7, 11) is 0. The van der Waals surface area contributed by atoms with Crippen LogP contribution >= 0.6 is 15.9 Å². The van der Waals surface area contributed by atoms with Crippen LogP contribution in [0, 0.1) is 0 Å². The molecule has 0 spiro atoms. The van der Waals surface area contributed by atoms with Crippen molar-refractivity contribution in [3.8, 4) is 5.75 Å². The Morgan fingerprint density at radius 2 is 2.12 bits per heavy atom. The highest BCUT2D eigenvalue weighted by Crippen LogP contribution is 2.23. The Morgan fingerprint density at radius 1 is 1.41 bits per heavy atom. The first-order chi connectivity index (χ1) is 8.02. The van der Waals surface area contributed by atoms with Crippen molar-refractivity contribution < 1.29 is 4.74 Å². The normalized spacial score (nSPS) is 12.5. The van der Waals surface area contributed by atoms with Gasteiger partial charge in [0.15, 0.2) is 0 Å². The van der Waals surface area contributed by atoms with Crippen molar-refractivity contribution in [3.63, 3.8) is 0 Å². The van der Waals surface area contributed by atoms with Crippen molar-refractivity contribution >= 4 is 15.9 Å². The molecule has 1 aromatic rings. The maximum Gasteiger partial charge on any atom is 0.120 e. The second kappa shape index (κ2) is 6.82. The first-order valence-corrected chi connectivity index (χ1v) is 6.63. The van der Waals surface area contributed by atoms with E-state index in [1.807, 2.05) is 19.1 Å². The number of halogens is 1. The molecule has 0 aliphatic carbocycles. The van der Waals surface area contributed by atoms with E-state index in [2.05, 4.69) is 47.7 Å². The van der Waals surface area contributed by atoms with Crippen LogP contribution in [0.15, 0.2) is 35.3 Å². The third-order valence-electron chi connectivity index (χ3n) is 2.37. The predicted molar refractivity (Wildman–Crippen MR) is 76.4 cm³/mol. The van der Waals surface area contributed by atoms with Crippen molar-refractivity contribution in [1.82, 2.24) is 5.32 Å². The predicted octanol–water partition coefficient (Wildman–Crippen LogP) is 3.90. The van der Waals surface area contributed by atoms with E-state index in [1.54, 1.807) is 6.08 Å². The van der Waals surface area contributed by atoms with Crippen LogP contribution in [0.1, 0.15) is 26.3 Å². The molecular formula is C14H20BrNO. The van der Waals surface area contributed by atoms with E-state index in [0.717, 1.165) is 16.8 Å². The van der Waals surface area contributed by atoms with E-state index >= 15 is 0 Å². The SMILES string of the molecule is C=CC(C)Oc1ccc(Br)c(CNC(C)C)c1. The van der Waals surface area contributed by atoms with Gasteiger partial charge in [0, 0.05) is 17.1 Å². The lowest BCUT2D eigenvalue weighted by molar-refractivity contribution is 0.270. The quantitative estimate of drug-likeness (QED) is 0.804. The van der Waals surface area contributed by atoms with Crippen molar-refractivity contribution in [2.75, 3.05) is 0 Å². The Balaban J connectivity index is 2.75. The summed E-state index contributed by atoms with van der Waals surface area (Å²) < 4.78 is 6.80. The van der Waals surface area contributed by atoms with Crippen molar-refractivity contribution in [3.05, 3.63) is 40.9 Å². The standard InChI is InChI=1S/C14H20BrNO/c1-5-11(4)17-13-6-7-14(15)12(8-13)9-16-10(2)3/h5-8,10-11,16H,1,9H2,2-4H3. The summed E-state index contributed by atoms with van der Waals surface area (Å²) in [6.45, 7) is 10.8. The molecule has 0 aromatic heterocycles. The van der Waals surface area contributed by atoms with Crippen molar-refractivity contribution in [2.24, 2.45) is 0 Å². The fourth-order valence-electron chi connectivity index (χ4n) is 1.34. The van der Waals surface area contributed by atoms with Crippen molar-refractivity contribution in [2.45, 2.75) is 39.5 Å². The van der Waals surface area contributed by atoms with Gasteiger partial charge in [0.25, 0.3) is 0 Å². The zero-order valence-corrected chi connectivity index (χ0v) is 12.3.